The van der Waals surface area contributed by atoms with Crippen molar-refractivity contribution in [1.29, 1.82) is 0 Å². The quantitative estimate of drug-likeness (QED) is 0.638. The maximum atomic E-state index is 11.9. The van der Waals surface area contributed by atoms with Gasteiger partial charge < -0.3 is 9.15 Å². The van der Waals surface area contributed by atoms with E-state index in [4.69, 9.17) is 20.8 Å². The van der Waals surface area contributed by atoms with Crippen LogP contribution in [0.25, 0.3) is 11.0 Å². The first-order valence-electron chi connectivity index (χ1n) is 7.38. The number of benzene rings is 2. The van der Waals surface area contributed by atoms with Crippen molar-refractivity contribution in [3.63, 3.8) is 0 Å². The molecule has 0 N–H and O–H groups in total. The molecule has 0 unspecified atom stereocenters. The van der Waals surface area contributed by atoms with Crippen LogP contribution < -0.4 is 10.4 Å². The Hall–Kier alpha value is -2.26. The summed E-state index contributed by atoms with van der Waals surface area (Å²) in [5, 5.41) is 1.64. The molecule has 0 radical (unpaired) electrons. The second-order valence-corrected chi connectivity index (χ2v) is 6.06. The molecule has 0 amide bonds. The van der Waals surface area contributed by atoms with E-state index in [0.717, 1.165) is 22.1 Å². The number of ether oxygens (including phenoxy) is 1. The lowest BCUT2D eigenvalue weighted by Gasteiger charge is -2.12. The van der Waals surface area contributed by atoms with Gasteiger partial charge in [0.25, 0.3) is 0 Å². The van der Waals surface area contributed by atoms with Gasteiger partial charge in [0, 0.05) is 21.5 Å². The Morgan fingerprint density at radius 2 is 1.65 bits per heavy atom. The summed E-state index contributed by atoms with van der Waals surface area (Å²) in [6.07, 6.45) is 0. The van der Waals surface area contributed by atoms with Gasteiger partial charge in [0.1, 0.15) is 17.9 Å². The summed E-state index contributed by atoms with van der Waals surface area (Å²) in [4.78, 5) is 11.9. The lowest BCUT2D eigenvalue weighted by molar-refractivity contribution is 0.304. The summed E-state index contributed by atoms with van der Waals surface area (Å²) in [6.45, 7) is 6.04. The number of halogens is 1. The number of aryl methyl sites for hydroxylation is 2. The Balaban J connectivity index is 1.96. The van der Waals surface area contributed by atoms with E-state index >= 15 is 0 Å². The van der Waals surface area contributed by atoms with Crippen LogP contribution >= 0.6 is 11.6 Å². The molecule has 3 nitrogen and oxygen atoms in total. The first-order chi connectivity index (χ1) is 11.0. The Bertz CT molecular complexity index is 924. The predicted octanol–water partition coefficient (Wildman–Crippen LogP) is 4.95. The van der Waals surface area contributed by atoms with Crippen molar-refractivity contribution < 1.29 is 9.15 Å². The fourth-order valence-electron chi connectivity index (χ4n) is 2.52. The number of hydrogen-bond donors (Lipinski definition) is 0. The SMILES string of the molecule is Cc1c(C)c2ccc(OCc3ccc(Cl)cc3)c(C)c2oc1=O. The van der Waals surface area contributed by atoms with Crippen LogP contribution in [0.4, 0.5) is 0 Å². The van der Waals surface area contributed by atoms with Crippen LogP contribution in [-0.4, -0.2) is 0 Å². The van der Waals surface area contributed by atoms with Crippen molar-refractivity contribution in [3.8, 4) is 5.75 Å². The molecule has 0 saturated carbocycles. The average Bonchev–Trinajstić information content (AvgIpc) is 2.54. The number of hydrogen-bond acceptors (Lipinski definition) is 3. The van der Waals surface area contributed by atoms with Gasteiger partial charge in [-0.2, -0.15) is 0 Å². The van der Waals surface area contributed by atoms with Gasteiger partial charge in [-0.1, -0.05) is 23.7 Å². The maximum Gasteiger partial charge on any atom is 0.339 e. The fourth-order valence-corrected chi connectivity index (χ4v) is 2.65. The van der Waals surface area contributed by atoms with Crippen molar-refractivity contribution in [3.05, 3.63) is 74.1 Å². The third-order valence-electron chi connectivity index (χ3n) is 4.13. The van der Waals surface area contributed by atoms with E-state index < -0.39 is 0 Å². The molecule has 0 bridgehead atoms. The Labute approximate surface area is 139 Å². The van der Waals surface area contributed by atoms with E-state index in [2.05, 4.69) is 0 Å². The summed E-state index contributed by atoms with van der Waals surface area (Å²) in [7, 11) is 0. The van der Waals surface area contributed by atoms with Gasteiger partial charge in [0.05, 0.1) is 0 Å². The minimum absolute atomic E-state index is 0.298. The summed E-state index contributed by atoms with van der Waals surface area (Å²) in [6, 6.07) is 11.4. The molecule has 2 aromatic carbocycles. The van der Waals surface area contributed by atoms with E-state index in [1.54, 1.807) is 6.92 Å². The highest BCUT2D eigenvalue weighted by molar-refractivity contribution is 6.30. The zero-order chi connectivity index (χ0) is 16.6. The molecular formula is C19H17ClO3. The monoisotopic (exact) mass is 328 g/mol. The van der Waals surface area contributed by atoms with E-state index in [1.165, 1.54) is 0 Å². The number of fused-ring (bicyclic) bond motifs is 1. The molecule has 4 heteroatoms. The average molecular weight is 329 g/mol. The second kappa shape index (κ2) is 6.09. The van der Waals surface area contributed by atoms with Crippen LogP contribution in [0.5, 0.6) is 5.75 Å². The standard InChI is InChI=1S/C19H17ClO3/c1-11-12(2)19(21)23-18-13(3)17(9-8-16(11)18)22-10-14-4-6-15(20)7-5-14/h4-9H,10H2,1-3H3. The lowest BCUT2D eigenvalue weighted by atomic mass is 10.0. The van der Waals surface area contributed by atoms with E-state index in [9.17, 15) is 4.79 Å². The van der Waals surface area contributed by atoms with Gasteiger partial charge in [0.15, 0.2) is 0 Å². The van der Waals surface area contributed by atoms with Crippen LogP contribution in [0.2, 0.25) is 5.02 Å². The van der Waals surface area contributed by atoms with Gasteiger partial charge in [-0.15, -0.1) is 0 Å². The molecule has 0 aliphatic heterocycles. The molecule has 0 aliphatic carbocycles. The third-order valence-corrected chi connectivity index (χ3v) is 4.38. The van der Waals surface area contributed by atoms with Gasteiger partial charge in [-0.05, 0) is 56.2 Å². The minimum atomic E-state index is -0.298. The lowest BCUT2D eigenvalue weighted by Crippen LogP contribution is -2.06. The smallest absolute Gasteiger partial charge is 0.339 e. The topological polar surface area (TPSA) is 39.4 Å². The Morgan fingerprint density at radius 3 is 2.35 bits per heavy atom. The second-order valence-electron chi connectivity index (χ2n) is 5.62. The minimum Gasteiger partial charge on any atom is -0.488 e. The highest BCUT2D eigenvalue weighted by atomic mass is 35.5. The first kappa shape index (κ1) is 15.6. The van der Waals surface area contributed by atoms with Crippen molar-refractivity contribution >= 4 is 22.6 Å². The van der Waals surface area contributed by atoms with Crippen molar-refractivity contribution in [2.24, 2.45) is 0 Å². The summed E-state index contributed by atoms with van der Waals surface area (Å²) in [5.74, 6) is 0.707. The zero-order valence-corrected chi connectivity index (χ0v) is 14.0. The van der Waals surface area contributed by atoms with Gasteiger partial charge in [0.2, 0.25) is 0 Å². The molecule has 1 aromatic heterocycles. The molecule has 23 heavy (non-hydrogen) atoms. The van der Waals surface area contributed by atoms with Gasteiger partial charge >= 0.3 is 5.63 Å². The molecule has 3 rings (SSSR count). The molecule has 0 spiro atoms. The summed E-state index contributed by atoms with van der Waals surface area (Å²) in [5.41, 5.74) is 3.74. The largest absolute Gasteiger partial charge is 0.488 e. The van der Waals surface area contributed by atoms with E-state index in [-0.39, 0.29) is 5.63 Å². The molecule has 1 heterocycles. The predicted molar refractivity (Wildman–Crippen MR) is 92.5 cm³/mol. The molecule has 0 saturated heterocycles. The number of rotatable bonds is 3. The molecule has 118 valence electrons. The summed E-state index contributed by atoms with van der Waals surface area (Å²) >= 11 is 5.88. The van der Waals surface area contributed by atoms with Crippen LogP contribution in [0, 0.1) is 20.8 Å². The summed E-state index contributed by atoms with van der Waals surface area (Å²) < 4.78 is 11.3. The van der Waals surface area contributed by atoms with Crippen LogP contribution in [0.1, 0.15) is 22.3 Å². The van der Waals surface area contributed by atoms with Crippen molar-refractivity contribution in [2.75, 3.05) is 0 Å². The van der Waals surface area contributed by atoms with Gasteiger partial charge in [-0.3, -0.25) is 0 Å². The molecule has 0 fully saturated rings. The molecule has 3 aromatic rings. The Kier molecular flexibility index (Phi) is 4.14. The van der Waals surface area contributed by atoms with Gasteiger partial charge in [-0.25, -0.2) is 4.79 Å². The van der Waals surface area contributed by atoms with Crippen LogP contribution in [0.3, 0.4) is 0 Å². The van der Waals surface area contributed by atoms with E-state index in [1.807, 2.05) is 50.2 Å². The first-order valence-corrected chi connectivity index (χ1v) is 7.76. The Morgan fingerprint density at radius 1 is 0.957 bits per heavy atom. The maximum absolute atomic E-state index is 11.9. The molecular weight excluding hydrogens is 312 g/mol. The normalized spacial score (nSPS) is 11.0. The van der Waals surface area contributed by atoms with Crippen LogP contribution in [-0.2, 0) is 6.61 Å². The molecule has 0 atom stereocenters. The van der Waals surface area contributed by atoms with E-state index in [0.29, 0.717) is 28.5 Å². The third kappa shape index (κ3) is 2.97. The highest BCUT2D eigenvalue weighted by Gasteiger charge is 2.12. The fraction of sp³-hybridized carbons (Fsp3) is 0.211. The van der Waals surface area contributed by atoms with Crippen molar-refractivity contribution in [2.45, 2.75) is 27.4 Å². The molecule has 0 aliphatic rings. The van der Waals surface area contributed by atoms with Crippen molar-refractivity contribution in [1.82, 2.24) is 0 Å². The zero-order valence-electron chi connectivity index (χ0n) is 13.3. The highest BCUT2D eigenvalue weighted by Crippen LogP contribution is 2.29. The van der Waals surface area contributed by atoms with Crippen LogP contribution in [0.15, 0.2) is 45.6 Å².